The van der Waals surface area contributed by atoms with Gasteiger partial charge in [-0.2, -0.15) is 9.67 Å². The zero-order chi connectivity index (χ0) is 17.9. The normalized spacial score (nSPS) is 10.8. The Morgan fingerprint density at radius 1 is 1.12 bits per heavy atom. The van der Waals surface area contributed by atoms with Crippen LogP contribution in [0.5, 0.6) is 0 Å². The number of nitrogens with zero attached hydrogens (tertiary/aromatic N) is 5. The van der Waals surface area contributed by atoms with Crippen molar-refractivity contribution >= 4 is 28.8 Å². The maximum Gasteiger partial charge on any atom is 0.307 e. The van der Waals surface area contributed by atoms with Crippen LogP contribution < -0.4 is 5.32 Å². The third-order valence-corrected chi connectivity index (χ3v) is 3.73. The molecule has 2 aromatic heterocycles. The number of aromatic nitrogens is 5. The van der Waals surface area contributed by atoms with E-state index in [-0.39, 0.29) is 6.42 Å². The molecule has 0 atom stereocenters. The maximum absolute atomic E-state index is 10.9. The molecule has 0 fully saturated rings. The Morgan fingerprint density at radius 3 is 2.77 bits per heavy atom. The van der Waals surface area contributed by atoms with Gasteiger partial charge >= 0.3 is 5.97 Å². The number of para-hydroxylation sites is 1. The highest BCUT2D eigenvalue weighted by Crippen LogP contribution is 2.18. The topological polar surface area (TPSA) is 106 Å². The van der Waals surface area contributed by atoms with Crippen molar-refractivity contribution in [2.75, 3.05) is 5.32 Å². The molecule has 0 spiro atoms. The largest absolute Gasteiger partial charge is 0.481 e. The molecule has 2 aromatic carbocycles. The van der Waals surface area contributed by atoms with Gasteiger partial charge in [-0.05, 0) is 29.8 Å². The van der Waals surface area contributed by atoms with E-state index in [1.165, 1.54) is 0 Å². The molecule has 0 radical (unpaired) electrons. The van der Waals surface area contributed by atoms with Crippen molar-refractivity contribution in [2.45, 2.75) is 6.42 Å². The number of rotatable bonds is 5. The van der Waals surface area contributed by atoms with Crippen molar-refractivity contribution < 1.29 is 9.90 Å². The van der Waals surface area contributed by atoms with Crippen LogP contribution in [0.3, 0.4) is 0 Å². The number of aliphatic carboxylic acids is 1. The van der Waals surface area contributed by atoms with Crippen molar-refractivity contribution in [2.24, 2.45) is 0 Å². The van der Waals surface area contributed by atoms with Gasteiger partial charge in [0.1, 0.15) is 0 Å². The fourth-order valence-electron chi connectivity index (χ4n) is 2.59. The van der Waals surface area contributed by atoms with Gasteiger partial charge < -0.3 is 10.4 Å². The highest BCUT2D eigenvalue weighted by Gasteiger charge is 2.11. The number of anilines is 2. The van der Waals surface area contributed by atoms with Crippen molar-refractivity contribution in [3.05, 3.63) is 66.4 Å². The molecule has 4 aromatic rings. The molecule has 0 unspecified atom stereocenters. The Morgan fingerprint density at radius 2 is 1.96 bits per heavy atom. The third kappa shape index (κ3) is 3.20. The molecule has 8 heteroatoms. The quantitative estimate of drug-likeness (QED) is 0.572. The van der Waals surface area contributed by atoms with E-state index in [4.69, 9.17) is 5.11 Å². The Labute approximate surface area is 148 Å². The lowest BCUT2D eigenvalue weighted by molar-refractivity contribution is -0.136. The lowest BCUT2D eigenvalue weighted by atomic mass is 10.1. The molecule has 128 valence electrons. The molecular weight excluding hydrogens is 332 g/mol. The summed E-state index contributed by atoms with van der Waals surface area (Å²) in [6.07, 6.45) is 1.54. The number of carboxylic acids is 1. The lowest BCUT2D eigenvalue weighted by Crippen LogP contribution is -2.04. The van der Waals surface area contributed by atoms with E-state index in [0.717, 1.165) is 5.69 Å². The van der Waals surface area contributed by atoms with Crippen LogP contribution in [-0.4, -0.2) is 36.0 Å². The number of benzene rings is 2. The average Bonchev–Trinajstić information content (AvgIpc) is 3.05. The Hall–Kier alpha value is -3.81. The molecular formula is C18H14N6O2. The van der Waals surface area contributed by atoms with Crippen LogP contribution in [0.15, 0.2) is 60.8 Å². The molecule has 2 heterocycles. The molecule has 2 N–H and O–H groups in total. The minimum absolute atomic E-state index is 0.0593. The van der Waals surface area contributed by atoms with Gasteiger partial charge in [0.05, 0.1) is 18.3 Å². The number of nitrogens with one attached hydrogen (secondary N) is 1. The Balaban J connectivity index is 1.72. The molecule has 0 amide bonds. The minimum Gasteiger partial charge on any atom is -0.481 e. The van der Waals surface area contributed by atoms with E-state index < -0.39 is 5.97 Å². The van der Waals surface area contributed by atoms with Crippen molar-refractivity contribution in [1.82, 2.24) is 25.0 Å². The van der Waals surface area contributed by atoms with Crippen LogP contribution in [0, 0.1) is 0 Å². The van der Waals surface area contributed by atoms with E-state index in [2.05, 4.69) is 25.6 Å². The van der Waals surface area contributed by atoms with Crippen LogP contribution >= 0.6 is 0 Å². The summed E-state index contributed by atoms with van der Waals surface area (Å²) in [6.45, 7) is 0. The first-order valence-corrected chi connectivity index (χ1v) is 7.91. The molecule has 0 saturated carbocycles. The summed E-state index contributed by atoms with van der Waals surface area (Å²) in [5, 5.41) is 20.3. The molecule has 4 rings (SSSR count). The summed E-state index contributed by atoms with van der Waals surface area (Å²) in [6, 6.07) is 16.7. The summed E-state index contributed by atoms with van der Waals surface area (Å²) < 4.78 is 1.57. The van der Waals surface area contributed by atoms with Gasteiger partial charge in [-0.25, -0.2) is 4.98 Å². The van der Waals surface area contributed by atoms with Gasteiger partial charge in [-0.15, -0.1) is 5.10 Å². The molecule has 0 bridgehead atoms. The van der Waals surface area contributed by atoms with Crippen LogP contribution in [0.4, 0.5) is 11.6 Å². The molecule has 0 aliphatic rings. The fraction of sp³-hybridized carbons (Fsp3) is 0.0556. The Kier molecular flexibility index (Phi) is 3.98. The summed E-state index contributed by atoms with van der Waals surface area (Å²) >= 11 is 0. The highest BCUT2D eigenvalue weighted by atomic mass is 16.4. The number of hydrogen-bond donors (Lipinski definition) is 2. The van der Waals surface area contributed by atoms with Gasteiger partial charge in [0, 0.05) is 5.69 Å². The SMILES string of the molecule is O=C(O)Cc1cccc(-n2nnc3cnc(Nc4ccccc4)nc32)c1. The number of fused-ring (bicyclic) bond motifs is 1. The van der Waals surface area contributed by atoms with Crippen LogP contribution in [0.25, 0.3) is 16.9 Å². The summed E-state index contributed by atoms with van der Waals surface area (Å²) in [7, 11) is 0. The third-order valence-electron chi connectivity index (χ3n) is 3.73. The second-order valence-electron chi connectivity index (χ2n) is 5.64. The molecule has 26 heavy (non-hydrogen) atoms. The van der Waals surface area contributed by atoms with E-state index in [1.54, 1.807) is 29.1 Å². The Bertz CT molecular complexity index is 1080. The van der Waals surface area contributed by atoms with Crippen molar-refractivity contribution in [1.29, 1.82) is 0 Å². The summed E-state index contributed by atoms with van der Waals surface area (Å²) in [5.41, 5.74) is 3.32. The smallest absolute Gasteiger partial charge is 0.307 e. The molecule has 0 aliphatic carbocycles. The van der Waals surface area contributed by atoms with Crippen molar-refractivity contribution in [3.63, 3.8) is 0 Å². The predicted octanol–water partition coefficient (Wildman–Crippen LogP) is 2.58. The molecule has 0 aliphatic heterocycles. The minimum atomic E-state index is -0.887. The van der Waals surface area contributed by atoms with Gasteiger partial charge in [0.25, 0.3) is 0 Å². The van der Waals surface area contributed by atoms with E-state index in [1.807, 2.05) is 36.4 Å². The molecule has 0 saturated heterocycles. The second-order valence-corrected chi connectivity index (χ2v) is 5.64. The standard InChI is InChI=1S/C18H14N6O2/c25-16(26)10-12-5-4-8-14(9-12)24-17-15(22-23-24)11-19-18(21-17)20-13-6-2-1-3-7-13/h1-9,11H,10H2,(H,25,26)(H,19,20,21). The van der Waals surface area contributed by atoms with Gasteiger partial charge in [0.15, 0.2) is 11.2 Å². The zero-order valence-corrected chi connectivity index (χ0v) is 13.6. The number of hydrogen-bond acceptors (Lipinski definition) is 6. The van der Waals surface area contributed by atoms with E-state index in [0.29, 0.717) is 28.4 Å². The van der Waals surface area contributed by atoms with Crippen molar-refractivity contribution in [3.8, 4) is 5.69 Å². The summed E-state index contributed by atoms with van der Waals surface area (Å²) in [4.78, 5) is 19.7. The first kappa shape index (κ1) is 15.7. The zero-order valence-electron chi connectivity index (χ0n) is 13.6. The first-order valence-electron chi connectivity index (χ1n) is 7.91. The van der Waals surface area contributed by atoms with E-state index in [9.17, 15) is 4.79 Å². The van der Waals surface area contributed by atoms with Gasteiger partial charge in [-0.3, -0.25) is 4.79 Å². The van der Waals surface area contributed by atoms with Crippen LogP contribution in [0.1, 0.15) is 5.56 Å². The maximum atomic E-state index is 10.9. The monoisotopic (exact) mass is 346 g/mol. The van der Waals surface area contributed by atoms with Crippen LogP contribution in [-0.2, 0) is 11.2 Å². The summed E-state index contributed by atoms with van der Waals surface area (Å²) in [5.74, 6) is -0.462. The van der Waals surface area contributed by atoms with Crippen LogP contribution in [0.2, 0.25) is 0 Å². The predicted molar refractivity (Wildman–Crippen MR) is 95.5 cm³/mol. The average molecular weight is 346 g/mol. The van der Waals surface area contributed by atoms with E-state index >= 15 is 0 Å². The van der Waals surface area contributed by atoms with Gasteiger partial charge in [-0.1, -0.05) is 35.5 Å². The first-order chi connectivity index (χ1) is 12.7. The second kappa shape index (κ2) is 6.60. The molecule has 8 nitrogen and oxygen atoms in total. The van der Waals surface area contributed by atoms with Gasteiger partial charge in [0.2, 0.25) is 5.95 Å². The highest BCUT2D eigenvalue weighted by molar-refractivity contribution is 5.73. The number of carbonyl (C=O) groups is 1. The number of carboxylic acid groups (broad SMARTS) is 1. The lowest BCUT2D eigenvalue weighted by Gasteiger charge is -2.06. The fourth-order valence-corrected chi connectivity index (χ4v) is 2.59.